The first-order valence-corrected chi connectivity index (χ1v) is 8.97. The van der Waals surface area contributed by atoms with Crippen molar-refractivity contribution >= 4 is 21.5 Å². The highest BCUT2D eigenvalue weighted by atomic mass is 14.2. The second-order valence-electron chi connectivity index (χ2n) is 7.33. The summed E-state index contributed by atoms with van der Waals surface area (Å²) >= 11 is 0. The van der Waals surface area contributed by atoms with Crippen molar-refractivity contribution in [3.63, 3.8) is 0 Å². The van der Waals surface area contributed by atoms with E-state index >= 15 is 0 Å². The third-order valence-electron chi connectivity index (χ3n) is 5.69. The van der Waals surface area contributed by atoms with Crippen molar-refractivity contribution < 1.29 is 0 Å². The van der Waals surface area contributed by atoms with Crippen LogP contribution in [0.3, 0.4) is 0 Å². The van der Waals surface area contributed by atoms with Crippen molar-refractivity contribution in [1.29, 1.82) is 0 Å². The first-order chi connectivity index (χ1) is 12.0. The van der Waals surface area contributed by atoms with E-state index in [1.807, 2.05) is 0 Å². The Morgan fingerprint density at radius 1 is 0.520 bits per heavy atom. The zero-order chi connectivity index (χ0) is 17.7. The van der Waals surface area contributed by atoms with Crippen LogP contribution < -0.4 is 0 Å². The summed E-state index contributed by atoms with van der Waals surface area (Å²) in [5.74, 6) is 0. The summed E-state index contributed by atoms with van der Waals surface area (Å²) in [6.45, 7) is 11.1. The minimum atomic E-state index is 1.32. The van der Waals surface area contributed by atoms with Gasteiger partial charge in [-0.3, -0.25) is 0 Å². The molecule has 0 amide bonds. The average molecular weight is 324 g/mol. The molecule has 0 aliphatic heterocycles. The highest BCUT2D eigenvalue weighted by Gasteiger charge is 2.14. The second-order valence-corrected chi connectivity index (χ2v) is 7.33. The lowest BCUT2D eigenvalue weighted by atomic mass is 9.86. The molecule has 0 atom stereocenters. The maximum absolute atomic E-state index is 2.36. The Morgan fingerprint density at radius 2 is 1.20 bits per heavy atom. The molecular formula is C25H24. The number of hydrogen-bond donors (Lipinski definition) is 0. The maximum Gasteiger partial charge on any atom is -0.00672 e. The molecule has 4 rings (SSSR count). The fraction of sp³-hybridized carbons (Fsp3) is 0.200. The molecule has 0 unspecified atom stereocenters. The standard InChI is InChI=1S/C25H24/c1-15-10-11-22(24-14-17(3)16(2)13-23(15)24)25-19(5)18(4)12-20-8-6-7-9-21(20)25/h6-14H,1-5H3. The molecule has 0 fully saturated rings. The Kier molecular flexibility index (Phi) is 3.65. The topological polar surface area (TPSA) is 0 Å². The Hall–Kier alpha value is -2.60. The Morgan fingerprint density at radius 3 is 1.96 bits per heavy atom. The van der Waals surface area contributed by atoms with Crippen LogP contribution in [0, 0.1) is 34.6 Å². The third-order valence-corrected chi connectivity index (χ3v) is 5.69. The number of fused-ring (bicyclic) bond motifs is 2. The molecule has 0 saturated heterocycles. The molecule has 0 nitrogen and oxygen atoms in total. The van der Waals surface area contributed by atoms with E-state index in [1.165, 1.54) is 60.5 Å². The molecule has 0 radical (unpaired) electrons. The van der Waals surface area contributed by atoms with Crippen LogP contribution in [0.4, 0.5) is 0 Å². The van der Waals surface area contributed by atoms with Gasteiger partial charge in [-0.25, -0.2) is 0 Å². The van der Waals surface area contributed by atoms with E-state index in [2.05, 4.69) is 89.2 Å². The van der Waals surface area contributed by atoms with E-state index in [1.54, 1.807) is 0 Å². The van der Waals surface area contributed by atoms with Gasteiger partial charge in [-0.2, -0.15) is 0 Å². The van der Waals surface area contributed by atoms with E-state index in [4.69, 9.17) is 0 Å². The molecule has 25 heavy (non-hydrogen) atoms. The molecule has 4 aromatic carbocycles. The van der Waals surface area contributed by atoms with Gasteiger partial charge < -0.3 is 0 Å². The van der Waals surface area contributed by atoms with Gasteiger partial charge in [-0.15, -0.1) is 0 Å². The van der Waals surface area contributed by atoms with Crippen LogP contribution >= 0.6 is 0 Å². The second kappa shape index (κ2) is 5.74. The zero-order valence-corrected chi connectivity index (χ0v) is 15.7. The molecule has 0 saturated carbocycles. The predicted octanol–water partition coefficient (Wildman–Crippen LogP) is 7.20. The Balaban J connectivity index is 2.20. The number of rotatable bonds is 1. The van der Waals surface area contributed by atoms with E-state index in [-0.39, 0.29) is 0 Å². The van der Waals surface area contributed by atoms with Gasteiger partial charge in [0.25, 0.3) is 0 Å². The minimum Gasteiger partial charge on any atom is -0.0616 e. The summed E-state index contributed by atoms with van der Waals surface area (Å²) in [7, 11) is 0. The van der Waals surface area contributed by atoms with Gasteiger partial charge in [0.2, 0.25) is 0 Å². The SMILES string of the molecule is Cc1cc2c(C)ccc(-c3c(C)c(C)cc4ccccc34)c2cc1C. The first kappa shape index (κ1) is 15.9. The summed E-state index contributed by atoms with van der Waals surface area (Å²) in [5, 5.41) is 5.39. The molecule has 0 aliphatic carbocycles. The fourth-order valence-electron chi connectivity index (χ4n) is 3.91. The fourth-order valence-corrected chi connectivity index (χ4v) is 3.91. The van der Waals surface area contributed by atoms with Crippen LogP contribution in [0.25, 0.3) is 32.7 Å². The minimum absolute atomic E-state index is 1.32. The molecular weight excluding hydrogens is 300 g/mol. The van der Waals surface area contributed by atoms with Crippen molar-refractivity contribution in [3.05, 3.63) is 82.4 Å². The molecule has 0 heteroatoms. The largest absolute Gasteiger partial charge is 0.0616 e. The van der Waals surface area contributed by atoms with Gasteiger partial charge in [-0.1, -0.05) is 54.6 Å². The Bertz CT molecular complexity index is 1130. The monoisotopic (exact) mass is 324 g/mol. The van der Waals surface area contributed by atoms with Gasteiger partial charge in [-0.05, 0) is 95.1 Å². The zero-order valence-electron chi connectivity index (χ0n) is 15.7. The van der Waals surface area contributed by atoms with Crippen molar-refractivity contribution in [2.45, 2.75) is 34.6 Å². The predicted molar refractivity (Wildman–Crippen MR) is 111 cm³/mol. The lowest BCUT2D eigenvalue weighted by Crippen LogP contribution is -1.93. The van der Waals surface area contributed by atoms with Crippen LogP contribution in [-0.4, -0.2) is 0 Å². The smallest absolute Gasteiger partial charge is 0.00672 e. The number of hydrogen-bond acceptors (Lipinski definition) is 0. The molecule has 0 N–H and O–H groups in total. The highest BCUT2D eigenvalue weighted by Crippen LogP contribution is 2.39. The van der Waals surface area contributed by atoms with E-state index in [0.717, 1.165) is 0 Å². The summed E-state index contributed by atoms with van der Waals surface area (Å²) in [4.78, 5) is 0. The summed E-state index contributed by atoms with van der Waals surface area (Å²) < 4.78 is 0. The molecule has 0 heterocycles. The van der Waals surface area contributed by atoms with Crippen LogP contribution in [0.1, 0.15) is 27.8 Å². The maximum atomic E-state index is 2.36. The van der Waals surface area contributed by atoms with Crippen molar-refractivity contribution in [3.8, 4) is 11.1 Å². The molecule has 0 spiro atoms. The lowest BCUT2D eigenvalue weighted by molar-refractivity contribution is 1.35. The lowest BCUT2D eigenvalue weighted by Gasteiger charge is -2.17. The Labute approximate surface area is 150 Å². The van der Waals surface area contributed by atoms with Crippen LogP contribution in [0.2, 0.25) is 0 Å². The molecule has 124 valence electrons. The van der Waals surface area contributed by atoms with Crippen LogP contribution in [0.15, 0.2) is 54.6 Å². The third kappa shape index (κ3) is 2.44. The summed E-state index contributed by atoms with van der Waals surface area (Å²) in [5.41, 5.74) is 9.52. The van der Waals surface area contributed by atoms with E-state index in [0.29, 0.717) is 0 Å². The molecule has 0 aliphatic rings. The van der Waals surface area contributed by atoms with Gasteiger partial charge in [0.1, 0.15) is 0 Å². The number of aryl methyl sites for hydroxylation is 4. The molecule has 4 aromatic rings. The molecule has 0 bridgehead atoms. The van der Waals surface area contributed by atoms with Crippen LogP contribution in [0.5, 0.6) is 0 Å². The van der Waals surface area contributed by atoms with Crippen molar-refractivity contribution in [2.75, 3.05) is 0 Å². The average Bonchev–Trinajstić information content (AvgIpc) is 2.59. The van der Waals surface area contributed by atoms with E-state index in [9.17, 15) is 0 Å². The normalized spacial score (nSPS) is 11.4. The van der Waals surface area contributed by atoms with Gasteiger partial charge >= 0.3 is 0 Å². The van der Waals surface area contributed by atoms with E-state index < -0.39 is 0 Å². The quantitative estimate of drug-likeness (QED) is 0.347. The van der Waals surface area contributed by atoms with Gasteiger partial charge in [0.15, 0.2) is 0 Å². The summed E-state index contributed by atoms with van der Waals surface area (Å²) in [6, 6.07) is 20.3. The van der Waals surface area contributed by atoms with Crippen LogP contribution in [-0.2, 0) is 0 Å². The highest BCUT2D eigenvalue weighted by molar-refractivity contribution is 6.08. The molecule has 0 aromatic heterocycles. The van der Waals surface area contributed by atoms with Crippen molar-refractivity contribution in [1.82, 2.24) is 0 Å². The van der Waals surface area contributed by atoms with Gasteiger partial charge in [0, 0.05) is 0 Å². The first-order valence-electron chi connectivity index (χ1n) is 8.97. The van der Waals surface area contributed by atoms with Crippen molar-refractivity contribution in [2.24, 2.45) is 0 Å². The number of benzene rings is 4. The summed E-state index contributed by atoms with van der Waals surface area (Å²) in [6.07, 6.45) is 0. The van der Waals surface area contributed by atoms with Gasteiger partial charge in [0.05, 0.1) is 0 Å².